The van der Waals surface area contributed by atoms with Crippen LogP contribution in [0.3, 0.4) is 0 Å². The molecule has 0 radical (unpaired) electrons. The molecule has 2 aromatic carbocycles. The van der Waals surface area contributed by atoms with Gasteiger partial charge in [0.2, 0.25) is 0 Å². The molecule has 0 saturated carbocycles. The van der Waals surface area contributed by atoms with Gasteiger partial charge in [-0.3, -0.25) is 14.4 Å². The van der Waals surface area contributed by atoms with Crippen LogP contribution in [-0.4, -0.2) is 38.9 Å². The number of likely N-dealkylation sites (N-methyl/N-ethyl adjacent to an activating group) is 1. The third-order valence-corrected chi connectivity index (χ3v) is 4.38. The van der Waals surface area contributed by atoms with Crippen LogP contribution < -0.4 is 25.4 Å². The van der Waals surface area contributed by atoms with E-state index in [0.717, 1.165) is 23.2 Å². The topological polar surface area (TPSA) is 106 Å². The maximum Gasteiger partial charge on any atom is 0.266 e. The van der Waals surface area contributed by atoms with Crippen molar-refractivity contribution in [3.05, 3.63) is 65.4 Å². The summed E-state index contributed by atoms with van der Waals surface area (Å²) in [5.74, 6) is 0.946. The van der Waals surface area contributed by atoms with Gasteiger partial charge in [-0.2, -0.15) is 0 Å². The fourth-order valence-corrected chi connectivity index (χ4v) is 2.62. The Kier molecular flexibility index (Phi) is 7.99. The molecule has 2 aromatic rings. The van der Waals surface area contributed by atoms with Gasteiger partial charge in [0.05, 0.1) is 18.5 Å². The van der Waals surface area contributed by atoms with E-state index >= 15 is 0 Å². The summed E-state index contributed by atoms with van der Waals surface area (Å²) in [6, 6.07) is 10.8. The molecule has 30 heavy (non-hydrogen) atoms. The molecule has 3 N–H and O–H groups in total. The minimum Gasteiger partial charge on any atom is -0.496 e. The minimum atomic E-state index is -0.263. The lowest BCUT2D eigenvalue weighted by Gasteiger charge is -2.18. The van der Waals surface area contributed by atoms with E-state index in [4.69, 9.17) is 9.47 Å². The minimum absolute atomic E-state index is 0.0328. The molecule has 0 saturated heterocycles. The third kappa shape index (κ3) is 5.84. The van der Waals surface area contributed by atoms with E-state index in [2.05, 4.69) is 22.5 Å². The van der Waals surface area contributed by atoms with Crippen LogP contribution in [0.2, 0.25) is 0 Å². The van der Waals surface area contributed by atoms with Crippen molar-refractivity contribution in [1.82, 2.24) is 10.6 Å². The highest BCUT2D eigenvalue weighted by Gasteiger charge is 2.16. The molecule has 0 aromatic heterocycles. The molecule has 8 nitrogen and oxygen atoms in total. The van der Waals surface area contributed by atoms with Crippen molar-refractivity contribution in [1.29, 1.82) is 0 Å². The Bertz CT molecular complexity index is 956. The number of methoxy groups -OCH3 is 1. The fourth-order valence-electron chi connectivity index (χ4n) is 2.62. The lowest BCUT2D eigenvalue weighted by Crippen LogP contribution is -2.29. The van der Waals surface area contributed by atoms with E-state index in [9.17, 15) is 14.4 Å². The van der Waals surface area contributed by atoms with Crippen molar-refractivity contribution in [3.8, 4) is 11.5 Å². The van der Waals surface area contributed by atoms with Gasteiger partial charge in [0.1, 0.15) is 17.8 Å². The summed E-state index contributed by atoms with van der Waals surface area (Å²) in [6.07, 6.45) is 0.831. The number of fused-ring (bicyclic) bond motifs is 1. The van der Waals surface area contributed by atoms with Gasteiger partial charge in [0.15, 0.2) is 6.61 Å². The molecular formula is C22H25N3O5. The van der Waals surface area contributed by atoms with Crippen molar-refractivity contribution < 1.29 is 23.9 Å². The Balaban J connectivity index is 0.000000248. The van der Waals surface area contributed by atoms with Crippen molar-refractivity contribution in [3.63, 3.8) is 0 Å². The first-order valence-electron chi connectivity index (χ1n) is 9.18. The Morgan fingerprint density at radius 2 is 2.10 bits per heavy atom. The average Bonchev–Trinajstić information content (AvgIpc) is 2.77. The van der Waals surface area contributed by atoms with Gasteiger partial charge in [0, 0.05) is 24.7 Å². The number of benzene rings is 2. The van der Waals surface area contributed by atoms with Gasteiger partial charge < -0.3 is 25.4 Å². The van der Waals surface area contributed by atoms with E-state index in [-0.39, 0.29) is 18.4 Å². The fraction of sp³-hybridized carbons (Fsp3) is 0.227. The van der Waals surface area contributed by atoms with Crippen LogP contribution in [-0.2, 0) is 16.1 Å². The number of amides is 2. The van der Waals surface area contributed by atoms with Crippen LogP contribution in [0.1, 0.15) is 21.5 Å². The zero-order valence-electron chi connectivity index (χ0n) is 17.2. The molecule has 0 spiro atoms. The molecule has 0 aliphatic carbocycles. The van der Waals surface area contributed by atoms with Crippen LogP contribution in [0.15, 0.2) is 48.7 Å². The van der Waals surface area contributed by atoms with Gasteiger partial charge in [-0.05, 0) is 30.7 Å². The highest BCUT2D eigenvalue weighted by molar-refractivity contribution is 5.95. The molecule has 0 atom stereocenters. The number of carbonyl (C=O) groups excluding carboxylic acids is 3. The van der Waals surface area contributed by atoms with Crippen molar-refractivity contribution in [2.24, 2.45) is 0 Å². The maximum absolute atomic E-state index is 11.5. The highest BCUT2D eigenvalue weighted by Crippen LogP contribution is 2.28. The first-order chi connectivity index (χ1) is 14.4. The number of ether oxygens (including phenoxy) is 2. The number of hydrogen-bond donors (Lipinski definition) is 3. The molecule has 0 fully saturated rings. The molecule has 0 unspecified atom stereocenters. The zero-order chi connectivity index (χ0) is 22.1. The molecule has 2 amide bonds. The van der Waals surface area contributed by atoms with Crippen LogP contribution >= 0.6 is 0 Å². The average molecular weight is 411 g/mol. The summed E-state index contributed by atoms with van der Waals surface area (Å²) in [5.41, 5.74) is 3.36. The van der Waals surface area contributed by atoms with Gasteiger partial charge in [-0.15, -0.1) is 0 Å². The predicted molar refractivity (Wildman–Crippen MR) is 114 cm³/mol. The lowest BCUT2D eigenvalue weighted by molar-refractivity contribution is -0.119. The first kappa shape index (κ1) is 22.5. The molecule has 8 heteroatoms. The summed E-state index contributed by atoms with van der Waals surface area (Å²) in [4.78, 5) is 33.2. The molecule has 1 aliphatic heterocycles. The largest absolute Gasteiger partial charge is 0.496 e. The van der Waals surface area contributed by atoms with Gasteiger partial charge in [-0.1, -0.05) is 24.8 Å². The standard InChI is InChI=1S/C13H15N3O3.C9H10O2/c1-8(14-2)13(18)15-6-9-3-4-11-10(5-9)16-12(17)7-19-11;1-7-8(6-10)4-3-5-9(7)11-2/h3-5,14H,1,6-7H2,2H3,(H,15,18)(H,16,17);3-6H,1-2H3. The zero-order valence-corrected chi connectivity index (χ0v) is 17.2. The SMILES string of the molecule is C=C(NC)C(=O)NCc1ccc2c(c1)NC(=O)CO2.COc1cccc(C=O)c1C. The van der Waals surface area contributed by atoms with E-state index < -0.39 is 0 Å². The highest BCUT2D eigenvalue weighted by atomic mass is 16.5. The lowest BCUT2D eigenvalue weighted by atomic mass is 10.1. The molecule has 158 valence electrons. The Hall–Kier alpha value is -3.81. The normalized spacial score (nSPS) is 11.5. The number of anilines is 1. The molecule has 0 bridgehead atoms. The van der Waals surface area contributed by atoms with E-state index in [1.165, 1.54) is 0 Å². The Morgan fingerprint density at radius 3 is 2.77 bits per heavy atom. The van der Waals surface area contributed by atoms with Gasteiger partial charge in [-0.25, -0.2) is 0 Å². The second-order valence-electron chi connectivity index (χ2n) is 6.37. The number of carbonyl (C=O) groups is 3. The summed E-state index contributed by atoms with van der Waals surface area (Å²) in [5, 5.41) is 8.10. The van der Waals surface area contributed by atoms with Crippen LogP contribution in [0.5, 0.6) is 11.5 Å². The number of aldehydes is 1. The summed E-state index contributed by atoms with van der Waals surface area (Å²) in [6.45, 7) is 5.81. The van der Waals surface area contributed by atoms with Gasteiger partial charge in [0.25, 0.3) is 11.8 Å². The summed E-state index contributed by atoms with van der Waals surface area (Å²) < 4.78 is 10.3. The summed E-state index contributed by atoms with van der Waals surface area (Å²) in [7, 11) is 3.23. The number of rotatable bonds is 6. The Morgan fingerprint density at radius 1 is 1.33 bits per heavy atom. The molecular weight excluding hydrogens is 386 g/mol. The quantitative estimate of drug-likeness (QED) is 0.497. The third-order valence-electron chi connectivity index (χ3n) is 4.38. The first-order valence-corrected chi connectivity index (χ1v) is 9.18. The second kappa shape index (κ2) is 10.7. The van der Waals surface area contributed by atoms with Crippen LogP contribution in [0.25, 0.3) is 0 Å². The summed E-state index contributed by atoms with van der Waals surface area (Å²) >= 11 is 0. The Labute approximate surface area is 175 Å². The molecule has 1 heterocycles. The monoisotopic (exact) mass is 411 g/mol. The van der Waals surface area contributed by atoms with Crippen molar-refractivity contribution in [2.75, 3.05) is 26.1 Å². The van der Waals surface area contributed by atoms with Crippen molar-refractivity contribution >= 4 is 23.8 Å². The second-order valence-corrected chi connectivity index (χ2v) is 6.37. The number of hydrogen-bond acceptors (Lipinski definition) is 6. The van der Waals surface area contributed by atoms with Gasteiger partial charge >= 0.3 is 0 Å². The van der Waals surface area contributed by atoms with Crippen LogP contribution in [0, 0.1) is 6.92 Å². The van der Waals surface area contributed by atoms with E-state index in [1.807, 2.05) is 19.1 Å². The molecule has 3 rings (SSSR count). The van der Waals surface area contributed by atoms with Crippen LogP contribution in [0.4, 0.5) is 5.69 Å². The molecule has 1 aliphatic rings. The number of nitrogens with one attached hydrogen (secondary N) is 3. The van der Waals surface area contributed by atoms with E-state index in [1.54, 1.807) is 38.4 Å². The maximum atomic E-state index is 11.5. The van der Waals surface area contributed by atoms with E-state index in [0.29, 0.717) is 29.2 Å². The smallest absolute Gasteiger partial charge is 0.266 e. The van der Waals surface area contributed by atoms with Crippen molar-refractivity contribution in [2.45, 2.75) is 13.5 Å². The predicted octanol–water partition coefficient (Wildman–Crippen LogP) is 2.18.